The highest BCUT2D eigenvalue weighted by molar-refractivity contribution is 6.49. The number of hydrogen-bond donors (Lipinski definition) is 1. The van der Waals surface area contributed by atoms with Crippen molar-refractivity contribution in [2.75, 3.05) is 22.1 Å². The molecule has 0 saturated carbocycles. The lowest BCUT2D eigenvalue weighted by molar-refractivity contribution is -0.138. The number of nitrogens with two attached hydrogens (primary N) is 1. The van der Waals surface area contributed by atoms with Gasteiger partial charge >= 0.3 is 11.8 Å². The van der Waals surface area contributed by atoms with Crippen LogP contribution in [-0.2, 0) is 20.8 Å². The van der Waals surface area contributed by atoms with Crippen LogP contribution in [0, 0.1) is 0 Å². The largest absolute Gasteiger partial charge is 0.399 e. The van der Waals surface area contributed by atoms with E-state index in [4.69, 9.17) is 5.73 Å². The molecule has 0 atom stereocenters. The molecule has 2 N–H and O–H groups in total. The second kappa shape index (κ2) is 6.16. The van der Waals surface area contributed by atoms with Crippen LogP contribution in [0.2, 0.25) is 0 Å². The molecule has 0 fully saturated rings. The van der Waals surface area contributed by atoms with E-state index in [1.54, 1.807) is 24.3 Å². The highest BCUT2D eigenvalue weighted by Gasteiger charge is 2.34. The van der Waals surface area contributed by atoms with Crippen LogP contribution in [0.15, 0.2) is 48.5 Å². The number of fused-ring (bicyclic) bond motifs is 1. The molecule has 1 aliphatic rings. The Morgan fingerprint density at radius 3 is 2.54 bits per heavy atom. The summed E-state index contributed by atoms with van der Waals surface area (Å²) < 4.78 is 0. The van der Waals surface area contributed by atoms with E-state index in [0.29, 0.717) is 24.3 Å². The molecule has 1 heterocycles. The third-order valence-corrected chi connectivity index (χ3v) is 3.96. The van der Waals surface area contributed by atoms with Gasteiger partial charge < -0.3 is 10.6 Å². The zero-order chi connectivity index (χ0) is 17.3. The minimum absolute atomic E-state index is 0.285. The summed E-state index contributed by atoms with van der Waals surface area (Å²) in [5.74, 6) is -2.14. The summed E-state index contributed by atoms with van der Waals surface area (Å²) in [7, 11) is 0. The summed E-state index contributed by atoms with van der Waals surface area (Å²) in [5, 5.41) is 0. The first-order valence-corrected chi connectivity index (χ1v) is 7.59. The Morgan fingerprint density at radius 1 is 1.08 bits per heavy atom. The summed E-state index contributed by atoms with van der Waals surface area (Å²) in [5.41, 5.74) is 8.13. The molecule has 0 bridgehead atoms. The predicted octanol–water partition coefficient (Wildman–Crippen LogP) is 1.74. The SMILES string of the molecule is CC(=O)N(C(=O)C(=O)N1CCc2ccccc21)c1cccc(N)c1. The summed E-state index contributed by atoms with van der Waals surface area (Å²) in [6.07, 6.45) is 0.688. The minimum Gasteiger partial charge on any atom is -0.399 e. The van der Waals surface area contributed by atoms with Gasteiger partial charge in [-0.2, -0.15) is 0 Å². The number of hydrogen-bond acceptors (Lipinski definition) is 4. The van der Waals surface area contributed by atoms with E-state index in [2.05, 4.69) is 0 Å². The van der Waals surface area contributed by atoms with Gasteiger partial charge in [0.1, 0.15) is 0 Å². The Kier molecular flexibility index (Phi) is 4.04. The van der Waals surface area contributed by atoms with E-state index >= 15 is 0 Å². The lowest BCUT2D eigenvalue weighted by atomic mass is 10.2. The first-order valence-electron chi connectivity index (χ1n) is 7.59. The molecule has 0 radical (unpaired) electrons. The number of carbonyl (C=O) groups is 3. The molecule has 0 spiro atoms. The minimum atomic E-state index is -0.884. The Morgan fingerprint density at radius 2 is 1.83 bits per heavy atom. The van der Waals surface area contributed by atoms with Crippen LogP contribution in [0.4, 0.5) is 17.1 Å². The van der Waals surface area contributed by atoms with E-state index in [1.807, 2.05) is 18.2 Å². The molecule has 0 aromatic heterocycles. The van der Waals surface area contributed by atoms with Crippen molar-refractivity contribution in [1.29, 1.82) is 0 Å². The van der Waals surface area contributed by atoms with Gasteiger partial charge in [-0.1, -0.05) is 24.3 Å². The van der Waals surface area contributed by atoms with Crippen LogP contribution in [0.25, 0.3) is 0 Å². The monoisotopic (exact) mass is 323 g/mol. The number of anilines is 3. The van der Waals surface area contributed by atoms with Crippen molar-refractivity contribution in [3.05, 3.63) is 54.1 Å². The fourth-order valence-corrected chi connectivity index (χ4v) is 2.87. The van der Waals surface area contributed by atoms with Crippen LogP contribution in [0.3, 0.4) is 0 Å². The number of imide groups is 1. The molecule has 0 unspecified atom stereocenters. The molecule has 6 heteroatoms. The molecule has 1 aliphatic heterocycles. The number of nitrogen functional groups attached to an aromatic ring is 1. The van der Waals surface area contributed by atoms with Gasteiger partial charge in [-0.05, 0) is 36.2 Å². The van der Waals surface area contributed by atoms with Crippen molar-refractivity contribution in [3.63, 3.8) is 0 Å². The summed E-state index contributed by atoms with van der Waals surface area (Å²) in [6.45, 7) is 1.67. The number of rotatable bonds is 1. The molecule has 3 rings (SSSR count). The summed E-state index contributed by atoms with van der Waals surface area (Å²) >= 11 is 0. The van der Waals surface area contributed by atoms with E-state index < -0.39 is 17.7 Å². The second-order valence-corrected chi connectivity index (χ2v) is 5.59. The van der Waals surface area contributed by atoms with Crippen LogP contribution in [0.5, 0.6) is 0 Å². The van der Waals surface area contributed by atoms with E-state index in [-0.39, 0.29) is 5.69 Å². The number of carbonyl (C=O) groups excluding carboxylic acids is 3. The van der Waals surface area contributed by atoms with Gasteiger partial charge in [-0.25, -0.2) is 4.90 Å². The fourth-order valence-electron chi connectivity index (χ4n) is 2.87. The van der Waals surface area contributed by atoms with Gasteiger partial charge in [-0.15, -0.1) is 0 Å². The van der Waals surface area contributed by atoms with Crippen molar-refractivity contribution in [2.24, 2.45) is 0 Å². The molecule has 3 amide bonds. The number of benzene rings is 2. The zero-order valence-electron chi connectivity index (χ0n) is 13.2. The third-order valence-electron chi connectivity index (χ3n) is 3.96. The molecular weight excluding hydrogens is 306 g/mol. The Bertz CT molecular complexity index is 832. The standard InChI is InChI=1S/C18H17N3O3/c1-12(22)21(15-7-4-6-14(19)11-15)18(24)17(23)20-10-9-13-5-2-3-8-16(13)20/h2-8,11H,9-10,19H2,1H3. The van der Waals surface area contributed by atoms with Crippen LogP contribution in [0.1, 0.15) is 12.5 Å². The average Bonchev–Trinajstić information content (AvgIpc) is 2.98. The lowest BCUT2D eigenvalue weighted by Crippen LogP contribution is -2.47. The Balaban J connectivity index is 1.92. The van der Waals surface area contributed by atoms with Crippen molar-refractivity contribution < 1.29 is 14.4 Å². The number of nitrogens with zero attached hydrogens (tertiary/aromatic N) is 2. The predicted molar refractivity (Wildman–Crippen MR) is 91.5 cm³/mol. The first kappa shape index (κ1) is 15.7. The Labute approximate surface area is 139 Å². The molecule has 2 aromatic rings. The van der Waals surface area contributed by atoms with Crippen LogP contribution < -0.4 is 15.5 Å². The average molecular weight is 323 g/mol. The lowest BCUT2D eigenvalue weighted by Gasteiger charge is -2.23. The van der Waals surface area contributed by atoms with Gasteiger partial charge in [0.15, 0.2) is 0 Å². The van der Waals surface area contributed by atoms with E-state index in [9.17, 15) is 14.4 Å². The van der Waals surface area contributed by atoms with Gasteiger partial charge in [0.2, 0.25) is 5.91 Å². The van der Waals surface area contributed by atoms with Crippen LogP contribution in [-0.4, -0.2) is 24.3 Å². The zero-order valence-corrected chi connectivity index (χ0v) is 13.2. The maximum Gasteiger partial charge on any atom is 0.323 e. The molecule has 0 aliphatic carbocycles. The van der Waals surface area contributed by atoms with Gasteiger partial charge in [-0.3, -0.25) is 14.4 Å². The quantitative estimate of drug-likeness (QED) is 0.640. The second-order valence-electron chi connectivity index (χ2n) is 5.59. The summed E-state index contributed by atoms with van der Waals surface area (Å²) in [6, 6.07) is 13.8. The fraction of sp³-hybridized carbons (Fsp3) is 0.167. The molecule has 6 nitrogen and oxygen atoms in total. The van der Waals surface area contributed by atoms with E-state index in [0.717, 1.165) is 10.5 Å². The van der Waals surface area contributed by atoms with Crippen molar-refractivity contribution >= 4 is 34.8 Å². The van der Waals surface area contributed by atoms with Crippen molar-refractivity contribution in [2.45, 2.75) is 13.3 Å². The summed E-state index contributed by atoms with van der Waals surface area (Å²) in [4.78, 5) is 39.6. The highest BCUT2D eigenvalue weighted by atomic mass is 16.2. The van der Waals surface area contributed by atoms with Crippen molar-refractivity contribution in [1.82, 2.24) is 0 Å². The van der Waals surface area contributed by atoms with Gasteiger partial charge in [0, 0.05) is 24.8 Å². The van der Waals surface area contributed by atoms with E-state index in [1.165, 1.54) is 17.9 Å². The van der Waals surface area contributed by atoms with Gasteiger partial charge in [0.25, 0.3) is 0 Å². The third kappa shape index (κ3) is 2.74. The normalized spacial score (nSPS) is 12.6. The van der Waals surface area contributed by atoms with Gasteiger partial charge in [0.05, 0.1) is 5.69 Å². The topological polar surface area (TPSA) is 83.7 Å². The smallest absolute Gasteiger partial charge is 0.323 e. The highest BCUT2D eigenvalue weighted by Crippen LogP contribution is 2.28. The van der Waals surface area contributed by atoms with Crippen molar-refractivity contribution in [3.8, 4) is 0 Å². The first-order chi connectivity index (χ1) is 11.5. The Hall–Kier alpha value is -3.15. The molecular formula is C18H17N3O3. The molecule has 2 aromatic carbocycles. The van der Waals surface area contributed by atoms with Crippen LogP contribution >= 0.6 is 0 Å². The number of amides is 3. The maximum absolute atomic E-state index is 12.7. The maximum atomic E-state index is 12.7. The molecule has 122 valence electrons. The molecule has 0 saturated heterocycles. The molecule has 24 heavy (non-hydrogen) atoms. The number of para-hydroxylation sites is 1.